The Hall–Kier alpha value is -1.62. The molecule has 0 radical (unpaired) electrons. The van der Waals surface area contributed by atoms with Crippen molar-refractivity contribution in [3.05, 3.63) is 11.8 Å². The molecular weight excluding hydrogens is 361 g/mol. The second-order valence-corrected chi connectivity index (χ2v) is 7.93. The van der Waals surface area contributed by atoms with Crippen LogP contribution in [0.3, 0.4) is 0 Å². The molecule has 0 amide bonds. The molecule has 1 fully saturated rings. The molecule has 0 spiro atoms. The first-order valence-corrected chi connectivity index (χ1v) is 9.65. The molecule has 25 heavy (non-hydrogen) atoms. The van der Waals surface area contributed by atoms with Crippen molar-refractivity contribution >= 4 is 15.8 Å². The molecule has 1 N–H and O–H groups in total. The monoisotopic (exact) mass is 382 g/mol. The van der Waals surface area contributed by atoms with Gasteiger partial charge in [-0.15, -0.1) is 0 Å². The van der Waals surface area contributed by atoms with Crippen LogP contribution in [0.15, 0.2) is 6.07 Å². The average Bonchev–Trinajstić information content (AvgIpc) is 2.53. The highest BCUT2D eigenvalue weighted by atomic mass is 32.2. The van der Waals surface area contributed by atoms with Crippen LogP contribution in [0.5, 0.6) is 5.88 Å². The van der Waals surface area contributed by atoms with Crippen molar-refractivity contribution in [2.75, 3.05) is 43.9 Å². The summed E-state index contributed by atoms with van der Waals surface area (Å²) in [6.45, 7) is 2.85. The van der Waals surface area contributed by atoms with Crippen molar-refractivity contribution in [3.8, 4) is 5.88 Å². The number of halogens is 3. The lowest BCUT2D eigenvalue weighted by Crippen LogP contribution is -2.44. The van der Waals surface area contributed by atoms with Crippen molar-refractivity contribution in [1.29, 1.82) is 0 Å². The van der Waals surface area contributed by atoms with Gasteiger partial charge in [0.1, 0.15) is 0 Å². The highest BCUT2D eigenvalue weighted by Crippen LogP contribution is 2.23. The third kappa shape index (κ3) is 6.65. The average molecular weight is 382 g/mol. The quantitative estimate of drug-likeness (QED) is 0.757. The smallest absolute Gasteiger partial charge is 0.389 e. The SMILES string of the molecule is COc1cc(CS(=O)(=O)CCCC(F)(F)F)nc(N2CCNCC2)n1. The second kappa shape index (κ2) is 8.17. The maximum absolute atomic E-state index is 12.2. The van der Waals surface area contributed by atoms with E-state index in [1.165, 1.54) is 13.2 Å². The molecule has 1 aromatic heterocycles. The first-order chi connectivity index (χ1) is 11.7. The molecule has 1 saturated heterocycles. The number of nitrogens with one attached hydrogen (secondary N) is 1. The van der Waals surface area contributed by atoms with Crippen LogP contribution in [0.2, 0.25) is 0 Å². The molecule has 0 saturated carbocycles. The lowest BCUT2D eigenvalue weighted by atomic mass is 10.3. The number of aromatic nitrogens is 2. The Morgan fingerprint density at radius 2 is 1.96 bits per heavy atom. The Bertz CT molecular complexity index is 676. The molecule has 0 bridgehead atoms. The van der Waals surface area contributed by atoms with E-state index >= 15 is 0 Å². The van der Waals surface area contributed by atoms with E-state index in [0.29, 0.717) is 19.0 Å². The summed E-state index contributed by atoms with van der Waals surface area (Å²) in [4.78, 5) is 10.4. The molecule has 2 heterocycles. The summed E-state index contributed by atoms with van der Waals surface area (Å²) in [5, 5.41) is 3.18. The maximum atomic E-state index is 12.2. The predicted octanol–water partition coefficient (Wildman–Crippen LogP) is 1.15. The fraction of sp³-hybridized carbons (Fsp3) is 0.714. The summed E-state index contributed by atoms with van der Waals surface area (Å²) in [5.41, 5.74) is 0.215. The van der Waals surface area contributed by atoms with E-state index in [0.717, 1.165) is 13.1 Å². The molecule has 1 aliphatic rings. The second-order valence-electron chi connectivity index (χ2n) is 5.75. The topological polar surface area (TPSA) is 84.4 Å². The van der Waals surface area contributed by atoms with Crippen LogP contribution < -0.4 is 15.0 Å². The van der Waals surface area contributed by atoms with E-state index in [9.17, 15) is 21.6 Å². The van der Waals surface area contributed by atoms with Gasteiger partial charge in [-0.3, -0.25) is 0 Å². The number of anilines is 1. The molecule has 11 heteroatoms. The maximum Gasteiger partial charge on any atom is 0.389 e. The Balaban J connectivity index is 2.09. The fourth-order valence-electron chi connectivity index (χ4n) is 2.43. The Morgan fingerprint density at radius 3 is 2.56 bits per heavy atom. The van der Waals surface area contributed by atoms with Crippen LogP contribution in [0, 0.1) is 0 Å². The minimum absolute atomic E-state index is 0.215. The van der Waals surface area contributed by atoms with Crippen LogP contribution in [-0.2, 0) is 15.6 Å². The van der Waals surface area contributed by atoms with Gasteiger partial charge in [-0.25, -0.2) is 13.4 Å². The highest BCUT2D eigenvalue weighted by molar-refractivity contribution is 7.90. The van der Waals surface area contributed by atoms with Gasteiger partial charge in [-0.1, -0.05) is 0 Å². The zero-order chi connectivity index (χ0) is 18.5. The normalized spacial score (nSPS) is 16.1. The van der Waals surface area contributed by atoms with E-state index in [4.69, 9.17) is 4.74 Å². The Morgan fingerprint density at radius 1 is 1.28 bits per heavy atom. The standard InChI is InChI=1S/C14H21F3N4O3S/c1-24-12-9-11(10-25(22,23)8-2-3-14(15,16)17)19-13(20-12)21-6-4-18-5-7-21/h9,18H,2-8,10H2,1H3. The number of alkyl halides is 3. The molecule has 0 aliphatic carbocycles. The van der Waals surface area contributed by atoms with Crippen molar-refractivity contribution in [2.45, 2.75) is 24.8 Å². The lowest BCUT2D eigenvalue weighted by molar-refractivity contribution is -0.134. The summed E-state index contributed by atoms with van der Waals surface area (Å²) >= 11 is 0. The van der Waals surface area contributed by atoms with Crippen LogP contribution >= 0.6 is 0 Å². The number of hydrogen-bond donors (Lipinski definition) is 1. The molecule has 1 aliphatic heterocycles. The summed E-state index contributed by atoms with van der Waals surface area (Å²) in [6.07, 6.45) is -5.94. The fourth-order valence-corrected chi connectivity index (χ4v) is 3.76. The third-order valence-corrected chi connectivity index (χ3v) is 5.28. The van der Waals surface area contributed by atoms with Crippen molar-refractivity contribution in [1.82, 2.24) is 15.3 Å². The van der Waals surface area contributed by atoms with Crippen LogP contribution in [0.1, 0.15) is 18.5 Å². The van der Waals surface area contributed by atoms with Crippen molar-refractivity contribution in [2.24, 2.45) is 0 Å². The first-order valence-electron chi connectivity index (χ1n) is 7.83. The number of rotatable bonds is 7. The molecule has 1 aromatic rings. The largest absolute Gasteiger partial charge is 0.481 e. The van der Waals surface area contributed by atoms with Crippen molar-refractivity contribution in [3.63, 3.8) is 0 Å². The Labute approximate surface area is 144 Å². The summed E-state index contributed by atoms with van der Waals surface area (Å²) in [6, 6.07) is 1.40. The number of hydrogen-bond acceptors (Lipinski definition) is 7. The van der Waals surface area contributed by atoms with Crippen LogP contribution in [-0.4, -0.2) is 63.6 Å². The van der Waals surface area contributed by atoms with Gasteiger partial charge in [0.25, 0.3) is 0 Å². The number of methoxy groups -OCH3 is 1. The molecule has 0 unspecified atom stereocenters. The first kappa shape index (κ1) is 19.7. The van der Waals surface area contributed by atoms with Gasteiger partial charge in [-0.2, -0.15) is 18.2 Å². The van der Waals surface area contributed by atoms with E-state index in [1.54, 1.807) is 0 Å². The number of piperazine rings is 1. The minimum atomic E-state index is -4.36. The van der Waals surface area contributed by atoms with Gasteiger partial charge in [0.15, 0.2) is 9.84 Å². The molecule has 0 aromatic carbocycles. The highest BCUT2D eigenvalue weighted by Gasteiger charge is 2.27. The van der Waals surface area contributed by atoms with Crippen LogP contribution in [0.4, 0.5) is 19.1 Å². The molecule has 142 valence electrons. The lowest BCUT2D eigenvalue weighted by Gasteiger charge is -2.27. The van der Waals surface area contributed by atoms with Crippen LogP contribution in [0.25, 0.3) is 0 Å². The van der Waals surface area contributed by atoms with E-state index in [1.807, 2.05) is 4.90 Å². The number of nitrogens with zero attached hydrogens (tertiary/aromatic N) is 3. The number of sulfone groups is 1. The molecule has 2 rings (SSSR count). The summed E-state index contributed by atoms with van der Waals surface area (Å²) in [7, 11) is -2.30. The molecule has 0 atom stereocenters. The van der Waals surface area contributed by atoms with Gasteiger partial charge in [0.2, 0.25) is 11.8 Å². The summed E-state index contributed by atoms with van der Waals surface area (Å²) in [5.74, 6) is -0.393. The number of ether oxygens (including phenoxy) is 1. The predicted molar refractivity (Wildman–Crippen MR) is 86.4 cm³/mol. The van der Waals surface area contributed by atoms with Gasteiger partial charge < -0.3 is 15.0 Å². The molecular formula is C14H21F3N4O3S. The summed E-state index contributed by atoms with van der Waals surface area (Å²) < 4.78 is 65.8. The van der Waals surface area contributed by atoms with Gasteiger partial charge in [0, 0.05) is 38.7 Å². The van der Waals surface area contributed by atoms with E-state index in [-0.39, 0.29) is 11.6 Å². The van der Waals surface area contributed by atoms with Gasteiger partial charge >= 0.3 is 6.18 Å². The van der Waals surface area contributed by atoms with E-state index < -0.39 is 40.4 Å². The molecule has 7 nitrogen and oxygen atoms in total. The Kier molecular flexibility index (Phi) is 6.44. The zero-order valence-corrected chi connectivity index (χ0v) is 14.7. The van der Waals surface area contributed by atoms with E-state index in [2.05, 4.69) is 15.3 Å². The third-order valence-electron chi connectivity index (χ3n) is 3.64. The van der Waals surface area contributed by atoms with Crippen molar-refractivity contribution < 1.29 is 26.3 Å². The minimum Gasteiger partial charge on any atom is -0.481 e. The van der Waals surface area contributed by atoms with Gasteiger partial charge in [0.05, 0.1) is 24.3 Å². The zero-order valence-electron chi connectivity index (χ0n) is 13.8. The van der Waals surface area contributed by atoms with Gasteiger partial charge in [-0.05, 0) is 6.42 Å².